The van der Waals surface area contributed by atoms with Crippen LogP contribution >= 0.6 is 11.3 Å². The van der Waals surface area contributed by atoms with Gasteiger partial charge in [0.2, 0.25) is 5.78 Å². The van der Waals surface area contributed by atoms with Crippen molar-refractivity contribution in [3.8, 4) is 0 Å². The number of esters is 1. The molecule has 1 aliphatic heterocycles. The molecule has 7 nitrogen and oxygen atoms in total. The van der Waals surface area contributed by atoms with E-state index in [1.165, 1.54) is 16.9 Å². The van der Waals surface area contributed by atoms with Crippen molar-refractivity contribution in [1.82, 2.24) is 4.90 Å². The average Bonchev–Trinajstić information content (AvgIpc) is 3.75. The molecule has 2 heterocycles. The number of allylic oxidation sites excluding steroid dienone is 2. The van der Waals surface area contributed by atoms with Gasteiger partial charge in [-0.2, -0.15) is 0 Å². The van der Waals surface area contributed by atoms with Gasteiger partial charge in [-0.3, -0.25) is 14.4 Å². The summed E-state index contributed by atoms with van der Waals surface area (Å²) in [7, 11) is 0. The topological polar surface area (TPSA) is 104 Å². The number of carbonyl (C=O) groups is 3. The predicted molar refractivity (Wildman–Crippen MR) is 205 cm³/mol. The van der Waals surface area contributed by atoms with Gasteiger partial charge in [-0.1, -0.05) is 69.7 Å². The number of aliphatic hydroxyl groups is 2. The number of ether oxygens (including phenoxy) is 1. The fourth-order valence-electron chi connectivity index (χ4n) is 10.2. The largest absolute Gasteiger partial charge is 0.448 e. The fraction of sp³-hybridized carbons (Fsp3) is 0.568. The van der Waals surface area contributed by atoms with Crippen LogP contribution in [-0.2, 0) is 20.7 Å². The van der Waals surface area contributed by atoms with Crippen LogP contribution in [0.5, 0.6) is 0 Å². The number of hydrogen-bond donors (Lipinski definition) is 2. The summed E-state index contributed by atoms with van der Waals surface area (Å²) in [6.45, 7) is 12.8. The molecule has 1 saturated heterocycles. The minimum atomic E-state index is -1.26. The molecule has 2 N–H and O–H groups in total. The highest BCUT2D eigenvalue weighted by molar-refractivity contribution is 7.21. The zero-order valence-corrected chi connectivity index (χ0v) is 32.5. The van der Waals surface area contributed by atoms with Crippen LogP contribution in [0.2, 0.25) is 0 Å². The summed E-state index contributed by atoms with van der Waals surface area (Å²) in [4.78, 5) is 45.1. The first-order valence-electron chi connectivity index (χ1n) is 19.3. The molecule has 4 bridgehead atoms. The van der Waals surface area contributed by atoms with Gasteiger partial charge in [-0.05, 0) is 119 Å². The number of fused-ring (bicyclic) bond motifs is 11. The number of nitrogens with zero attached hydrogens (tertiary/aromatic N) is 1. The first kappa shape index (κ1) is 37.0. The summed E-state index contributed by atoms with van der Waals surface area (Å²) < 4.78 is 7.12. The molecule has 8 rings (SSSR count). The zero-order valence-electron chi connectivity index (χ0n) is 31.7. The molecule has 52 heavy (non-hydrogen) atoms. The second-order valence-corrected chi connectivity index (χ2v) is 18.4. The van der Waals surface area contributed by atoms with Crippen molar-refractivity contribution in [3.05, 3.63) is 81.7 Å². The lowest BCUT2D eigenvalue weighted by atomic mass is 9.64. The number of aliphatic hydroxyl groups excluding tert-OH is 1. The number of thiophene rings is 1. The molecule has 8 heteroatoms. The van der Waals surface area contributed by atoms with E-state index in [4.69, 9.17) is 4.74 Å². The maximum Gasteiger partial charge on any atom is 0.313 e. The SMILES string of the molecule is CCCN(CC1(O)CCC2c3ccc(cc3C(=O)c3cc4ccccc4s3)CC(O)CCC(C)=CCCC21C)C(=O)C12CCC(C)(C(=O)O1)C2(C)C. The van der Waals surface area contributed by atoms with E-state index in [1.807, 2.05) is 70.2 Å². The first-order valence-corrected chi connectivity index (χ1v) is 20.2. The predicted octanol–water partition coefficient (Wildman–Crippen LogP) is 8.53. The smallest absolute Gasteiger partial charge is 0.313 e. The summed E-state index contributed by atoms with van der Waals surface area (Å²) in [5.41, 5.74) is -0.941. The molecule has 5 aliphatic rings. The Bertz CT molecular complexity index is 1910. The number of benzene rings is 2. The second kappa shape index (κ2) is 13.2. The molecule has 3 aromatic rings. The van der Waals surface area contributed by atoms with E-state index in [-0.39, 0.29) is 30.1 Å². The van der Waals surface area contributed by atoms with Crippen LogP contribution in [0.3, 0.4) is 0 Å². The van der Waals surface area contributed by atoms with E-state index in [2.05, 4.69) is 26.0 Å². The first-order chi connectivity index (χ1) is 24.6. The van der Waals surface area contributed by atoms with Crippen LogP contribution in [0.4, 0.5) is 0 Å². The quantitative estimate of drug-likeness (QED) is 0.144. The monoisotopic (exact) mass is 725 g/mol. The molecule has 1 amide bonds. The standard InChI is InChI=1S/C44H55NO6S/c1-7-23-45(38(48)44-22-21-42(6,39(49)51-44)40(44,3)4)27-43(50)20-18-34-32-17-15-29(24-31(46)16-14-28(2)11-10-19-41(34,43)5)25-33(32)37(47)36-26-30-12-8-9-13-35(30)52-36/h8-9,11-13,15,17,25-26,31,34,46,50H,7,10,14,16,18-24,27H2,1-6H3. The molecule has 6 unspecified atom stereocenters. The van der Waals surface area contributed by atoms with Gasteiger partial charge in [-0.25, -0.2) is 0 Å². The lowest BCUT2D eigenvalue weighted by molar-refractivity contribution is -0.177. The number of amides is 1. The van der Waals surface area contributed by atoms with Gasteiger partial charge in [0, 0.05) is 27.6 Å². The summed E-state index contributed by atoms with van der Waals surface area (Å²) in [6.07, 6.45) is 7.86. The third kappa shape index (κ3) is 5.61. The summed E-state index contributed by atoms with van der Waals surface area (Å²) >= 11 is 1.50. The Morgan fingerprint density at radius 1 is 1.00 bits per heavy atom. The molecule has 6 atom stereocenters. The number of ketones is 1. The van der Waals surface area contributed by atoms with Crippen molar-refractivity contribution < 1.29 is 29.3 Å². The van der Waals surface area contributed by atoms with Crippen LogP contribution in [0, 0.1) is 16.2 Å². The Morgan fingerprint density at radius 2 is 1.77 bits per heavy atom. The molecular weight excluding hydrogens is 671 g/mol. The van der Waals surface area contributed by atoms with Gasteiger partial charge < -0.3 is 19.8 Å². The molecule has 3 fully saturated rings. The van der Waals surface area contributed by atoms with Gasteiger partial charge in [0.15, 0.2) is 5.60 Å². The molecule has 2 saturated carbocycles. The third-order valence-corrected chi connectivity index (χ3v) is 15.3. The van der Waals surface area contributed by atoms with Crippen molar-refractivity contribution in [2.24, 2.45) is 16.2 Å². The zero-order chi connectivity index (χ0) is 37.3. The van der Waals surface area contributed by atoms with Crippen LogP contribution < -0.4 is 0 Å². The number of carbonyl (C=O) groups excluding carboxylic acids is 3. The highest BCUT2D eigenvalue weighted by Gasteiger charge is 2.76. The molecule has 0 radical (unpaired) electrons. The lowest BCUT2D eigenvalue weighted by Gasteiger charge is -2.47. The van der Waals surface area contributed by atoms with E-state index >= 15 is 0 Å². The van der Waals surface area contributed by atoms with Gasteiger partial charge in [0.25, 0.3) is 5.91 Å². The van der Waals surface area contributed by atoms with Crippen molar-refractivity contribution >= 4 is 39.1 Å². The van der Waals surface area contributed by atoms with Crippen molar-refractivity contribution in [2.45, 2.75) is 129 Å². The van der Waals surface area contributed by atoms with Crippen LogP contribution in [0.1, 0.15) is 132 Å². The molecule has 0 spiro atoms. The van der Waals surface area contributed by atoms with Crippen molar-refractivity contribution in [3.63, 3.8) is 0 Å². The Labute approximate surface area is 312 Å². The summed E-state index contributed by atoms with van der Waals surface area (Å²) in [5.74, 6) is -0.701. The summed E-state index contributed by atoms with van der Waals surface area (Å²) in [6, 6.07) is 16.1. The maximum absolute atomic E-state index is 14.8. The minimum Gasteiger partial charge on any atom is -0.448 e. The van der Waals surface area contributed by atoms with E-state index in [0.717, 1.165) is 34.1 Å². The van der Waals surface area contributed by atoms with Crippen LogP contribution in [0.15, 0.2) is 60.2 Å². The third-order valence-electron chi connectivity index (χ3n) is 14.2. The molecular formula is C44H55NO6S. The van der Waals surface area contributed by atoms with Crippen LogP contribution in [-0.4, -0.2) is 63.2 Å². The van der Waals surface area contributed by atoms with Crippen LogP contribution in [0.25, 0.3) is 10.1 Å². The van der Waals surface area contributed by atoms with E-state index in [0.29, 0.717) is 68.4 Å². The van der Waals surface area contributed by atoms with E-state index in [1.54, 1.807) is 4.90 Å². The number of rotatable bonds is 7. The van der Waals surface area contributed by atoms with E-state index < -0.39 is 33.6 Å². The van der Waals surface area contributed by atoms with Gasteiger partial charge in [0.05, 0.1) is 28.5 Å². The fourth-order valence-corrected chi connectivity index (χ4v) is 11.3. The minimum absolute atomic E-state index is 0.0374. The van der Waals surface area contributed by atoms with E-state index in [9.17, 15) is 24.6 Å². The average molecular weight is 726 g/mol. The molecule has 2 aromatic carbocycles. The lowest BCUT2D eigenvalue weighted by Crippen LogP contribution is -2.60. The highest BCUT2D eigenvalue weighted by Crippen LogP contribution is 2.66. The molecule has 1 aromatic heterocycles. The summed E-state index contributed by atoms with van der Waals surface area (Å²) in [5, 5.41) is 25.1. The Hall–Kier alpha value is -3.33. The molecule has 278 valence electrons. The Kier molecular flexibility index (Phi) is 9.40. The van der Waals surface area contributed by atoms with Crippen molar-refractivity contribution in [1.29, 1.82) is 0 Å². The normalized spacial score (nSPS) is 32.7. The van der Waals surface area contributed by atoms with Gasteiger partial charge in [-0.15, -0.1) is 11.3 Å². The maximum atomic E-state index is 14.8. The second-order valence-electron chi connectivity index (χ2n) is 17.3. The Balaban J connectivity index is 1.30. The van der Waals surface area contributed by atoms with Gasteiger partial charge >= 0.3 is 5.97 Å². The highest BCUT2D eigenvalue weighted by atomic mass is 32.1. The molecule has 4 aliphatic carbocycles. The number of hydrogen-bond acceptors (Lipinski definition) is 7. The Morgan fingerprint density at radius 3 is 2.46 bits per heavy atom. The van der Waals surface area contributed by atoms with Crippen molar-refractivity contribution in [2.75, 3.05) is 13.1 Å². The van der Waals surface area contributed by atoms with Gasteiger partial charge in [0.1, 0.15) is 0 Å².